The number of hydrogen-bond acceptors (Lipinski definition) is 10. The second-order valence-corrected chi connectivity index (χ2v) is 18.4. The quantitative estimate of drug-likeness (QED) is 0.0528. The second kappa shape index (κ2) is 29.7. The number of carbonyl (C=O) groups excluding carboxylic acids is 7. The van der Waals surface area contributed by atoms with E-state index >= 15 is 0 Å². The highest BCUT2D eigenvalue weighted by atomic mass is 16.5. The fourth-order valence-electron chi connectivity index (χ4n) is 6.86. The molecule has 0 aliphatic heterocycles. The van der Waals surface area contributed by atoms with Crippen molar-refractivity contribution in [3.63, 3.8) is 0 Å². The van der Waals surface area contributed by atoms with Crippen molar-refractivity contribution in [3.8, 4) is 5.75 Å². The molecule has 0 radical (unpaired) electrons. The molecule has 0 fully saturated rings. The van der Waals surface area contributed by atoms with Crippen LogP contribution in [0, 0.1) is 17.8 Å². The Kier molecular flexibility index (Phi) is 26.6. The summed E-state index contributed by atoms with van der Waals surface area (Å²) in [7, 11) is 3.10. The molecule has 0 aliphatic rings. The number of aliphatic hydroxyl groups excluding tert-OH is 1. The standard InChI is InChI=1S/C47H81N7O9/c1-11-47(8,48)46(62)50-25-17-13-14-18-40(56)51-37(29-34-20-22-35(63-10)23-21-34)45(61)54(9)38(27-32(4)5)44(60)52-36(26-31(2)3)39(55)30-42(58)49-24-16-12-15-19-41(57)53-43(59)28-33(6)7/h20-23,31-33,36-39,55H,11-19,24-30,48H2,1-10H3,(H,49,58)(H,50,62)(H,51,56)(H,52,60)(H,53,57,59)/t36-,37+,38+,39-,47+/m1/s1. The summed E-state index contributed by atoms with van der Waals surface area (Å²) in [6.07, 6.45) is 4.23. The highest BCUT2D eigenvalue weighted by Crippen LogP contribution is 2.19. The van der Waals surface area contributed by atoms with Crippen molar-refractivity contribution in [2.24, 2.45) is 23.5 Å². The molecule has 1 aromatic carbocycles. The predicted octanol–water partition coefficient (Wildman–Crippen LogP) is 4.05. The lowest BCUT2D eigenvalue weighted by Crippen LogP contribution is -2.57. The van der Waals surface area contributed by atoms with Crippen molar-refractivity contribution < 1.29 is 43.4 Å². The largest absolute Gasteiger partial charge is 0.497 e. The van der Waals surface area contributed by atoms with E-state index in [1.54, 1.807) is 33.2 Å². The lowest BCUT2D eigenvalue weighted by atomic mass is 9.95. The van der Waals surface area contributed by atoms with E-state index < -0.39 is 41.6 Å². The number of hydrogen-bond donors (Lipinski definition) is 7. The molecular weight excluding hydrogens is 807 g/mol. The van der Waals surface area contributed by atoms with Gasteiger partial charge in [-0.2, -0.15) is 0 Å². The number of nitrogens with zero attached hydrogens (tertiary/aromatic N) is 1. The van der Waals surface area contributed by atoms with Crippen molar-refractivity contribution in [1.82, 2.24) is 31.5 Å². The third kappa shape index (κ3) is 23.6. The van der Waals surface area contributed by atoms with Crippen LogP contribution in [0.5, 0.6) is 5.75 Å². The normalized spacial score (nSPS) is 14.2. The number of carbonyl (C=O) groups is 7. The summed E-state index contributed by atoms with van der Waals surface area (Å²) >= 11 is 0. The molecule has 358 valence electrons. The molecule has 0 saturated carbocycles. The molecule has 0 heterocycles. The highest BCUT2D eigenvalue weighted by Gasteiger charge is 2.35. The summed E-state index contributed by atoms with van der Waals surface area (Å²) in [6.45, 7) is 15.9. The Morgan fingerprint density at radius 1 is 0.730 bits per heavy atom. The van der Waals surface area contributed by atoms with Gasteiger partial charge in [0.2, 0.25) is 41.4 Å². The molecule has 0 aromatic heterocycles. The predicted molar refractivity (Wildman–Crippen MR) is 245 cm³/mol. The van der Waals surface area contributed by atoms with Crippen molar-refractivity contribution in [1.29, 1.82) is 0 Å². The molecule has 16 nitrogen and oxygen atoms in total. The third-order valence-electron chi connectivity index (χ3n) is 10.9. The lowest BCUT2D eigenvalue weighted by molar-refractivity contribution is -0.143. The number of methoxy groups -OCH3 is 1. The van der Waals surface area contributed by atoms with Gasteiger partial charge in [0.15, 0.2) is 0 Å². The maximum absolute atomic E-state index is 14.4. The molecular formula is C47H81N7O9. The number of ether oxygens (including phenoxy) is 1. The van der Waals surface area contributed by atoms with Crippen LogP contribution >= 0.6 is 0 Å². The van der Waals surface area contributed by atoms with Crippen LogP contribution in [0.4, 0.5) is 0 Å². The SMILES string of the molecule is CC[C@](C)(N)C(=O)NCCCCCC(=O)N[C@@H](Cc1ccc(OC)cc1)C(=O)N(C)[C@@H](CC(C)C)C(=O)N[C@H](CC(C)C)[C@H](O)CC(=O)NCCCCCC(=O)NC(=O)CC(C)C. The van der Waals surface area contributed by atoms with Gasteiger partial charge in [-0.05, 0) is 87.3 Å². The van der Waals surface area contributed by atoms with E-state index in [-0.39, 0.29) is 79.4 Å². The van der Waals surface area contributed by atoms with Gasteiger partial charge in [-0.3, -0.25) is 38.9 Å². The Morgan fingerprint density at radius 2 is 1.30 bits per heavy atom. The monoisotopic (exact) mass is 888 g/mol. The fraction of sp³-hybridized carbons (Fsp3) is 0.723. The van der Waals surface area contributed by atoms with Gasteiger partial charge in [-0.15, -0.1) is 0 Å². The number of aliphatic hydroxyl groups is 1. The van der Waals surface area contributed by atoms with Gasteiger partial charge >= 0.3 is 0 Å². The van der Waals surface area contributed by atoms with E-state index in [1.807, 2.05) is 60.6 Å². The highest BCUT2D eigenvalue weighted by molar-refractivity contribution is 5.95. The number of amides is 7. The van der Waals surface area contributed by atoms with Crippen LogP contribution < -0.4 is 37.1 Å². The summed E-state index contributed by atoms with van der Waals surface area (Å²) in [5, 5.41) is 25.2. The first-order valence-corrected chi connectivity index (χ1v) is 22.9. The zero-order valence-corrected chi connectivity index (χ0v) is 39.9. The van der Waals surface area contributed by atoms with Gasteiger partial charge in [-0.25, -0.2) is 0 Å². The zero-order valence-electron chi connectivity index (χ0n) is 39.9. The number of nitrogens with one attached hydrogen (secondary N) is 5. The summed E-state index contributed by atoms with van der Waals surface area (Å²) in [6, 6.07) is 4.45. The molecule has 0 aliphatic carbocycles. The number of nitrogens with two attached hydrogens (primary N) is 1. The molecule has 0 saturated heterocycles. The number of unbranched alkanes of at least 4 members (excludes halogenated alkanes) is 4. The van der Waals surface area contributed by atoms with Crippen molar-refractivity contribution in [3.05, 3.63) is 29.8 Å². The lowest BCUT2D eigenvalue weighted by Gasteiger charge is -2.34. The Balaban J connectivity index is 2.99. The van der Waals surface area contributed by atoms with Crippen LogP contribution in [0.1, 0.15) is 144 Å². The van der Waals surface area contributed by atoms with Crippen LogP contribution in [-0.2, 0) is 40.0 Å². The molecule has 16 heteroatoms. The summed E-state index contributed by atoms with van der Waals surface area (Å²) in [5.41, 5.74) is 5.85. The van der Waals surface area contributed by atoms with Crippen LogP contribution in [0.15, 0.2) is 24.3 Å². The zero-order chi connectivity index (χ0) is 47.7. The van der Waals surface area contributed by atoms with Gasteiger partial charge < -0.3 is 41.7 Å². The first kappa shape index (κ1) is 56.4. The van der Waals surface area contributed by atoms with Crippen LogP contribution in [-0.4, -0.2) is 108 Å². The average molecular weight is 888 g/mol. The van der Waals surface area contributed by atoms with Gasteiger partial charge in [0.05, 0.1) is 31.2 Å². The van der Waals surface area contributed by atoms with Crippen LogP contribution in [0.25, 0.3) is 0 Å². The number of benzene rings is 1. The maximum atomic E-state index is 14.4. The molecule has 7 amide bonds. The van der Waals surface area contributed by atoms with E-state index in [0.29, 0.717) is 76.6 Å². The van der Waals surface area contributed by atoms with E-state index in [4.69, 9.17) is 10.5 Å². The average Bonchev–Trinajstić information content (AvgIpc) is 3.20. The Hall–Kier alpha value is -4.57. The molecule has 63 heavy (non-hydrogen) atoms. The van der Waals surface area contributed by atoms with Gasteiger partial charge in [0, 0.05) is 45.8 Å². The molecule has 1 rings (SSSR count). The molecule has 5 atom stereocenters. The molecule has 0 bridgehead atoms. The fourth-order valence-corrected chi connectivity index (χ4v) is 6.86. The Morgan fingerprint density at radius 3 is 1.84 bits per heavy atom. The second-order valence-electron chi connectivity index (χ2n) is 18.4. The minimum Gasteiger partial charge on any atom is -0.497 e. The first-order chi connectivity index (χ1) is 29.6. The van der Waals surface area contributed by atoms with E-state index in [9.17, 15) is 38.7 Å². The smallest absolute Gasteiger partial charge is 0.245 e. The summed E-state index contributed by atoms with van der Waals surface area (Å²) < 4.78 is 5.30. The summed E-state index contributed by atoms with van der Waals surface area (Å²) in [4.78, 5) is 92.2. The van der Waals surface area contributed by atoms with Crippen molar-refractivity contribution in [2.45, 2.75) is 175 Å². The minimum absolute atomic E-state index is 0.00279. The molecule has 0 spiro atoms. The molecule has 8 N–H and O–H groups in total. The Labute approximate surface area is 376 Å². The van der Waals surface area contributed by atoms with Gasteiger partial charge in [-0.1, -0.05) is 73.4 Å². The van der Waals surface area contributed by atoms with Crippen molar-refractivity contribution >= 4 is 41.4 Å². The third-order valence-corrected chi connectivity index (χ3v) is 10.9. The molecule has 1 aromatic rings. The number of imide groups is 1. The first-order valence-electron chi connectivity index (χ1n) is 22.9. The topological polar surface area (TPSA) is 238 Å². The van der Waals surface area contributed by atoms with Crippen molar-refractivity contribution in [2.75, 3.05) is 27.2 Å². The van der Waals surface area contributed by atoms with E-state index in [0.717, 1.165) is 5.56 Å². The number of likely N-dealkylation sites (N-methyl/N-ethyl adjacent to an activating group) is 1. The minimum atomic E-state index is -1.21. The maximum Gasteiger partial charge on any atom is 0.245 e. The number of rotatable bonds is 31. The summed E-state index contributed by atoms with van der Waals surface area (Å²) in [5.74, 6) is -1.61. The molecule has 0 unspecified atom stereocenters. The van der Waals surface area contributed by atoms with E-state index in [1.165, 1.54) is 4.90 Å². The van der Waals surface area contributed by atoms with Gasteiger partial charge in [0.25, 0.3) is 0 Å². The van der Waals surface area contributed by atoms with Crippen LogP contribution in [0.2, 0.25) is 0 Å². The van der Waals surface area contributed by atoms with Crippen LogP contribution in [0.3, 0.4) is 0 Å². The van der Waals surface area contributed by atoms with E-state index in [2.05, 4.69) is 26.6 Å². The Bertz CT molecular complexity index is 1580. The van der Waals surface area contributed by atoms with Gasteiger partial charge in [0.1, 0.15) is 17.8 Å².